The molecule has 0 saturated heterocycles. The van der Waals surface area contributed by atoms with Gasteiger partial charge in [-0.15, -0.1) is 0 Å². The van der Waals surface area contributed by atoms with Crippen LogP contribution in [0.5, 0.6) is 0 Å². The molecule has 1 aliphatic rings. The molecule has 1 aromatic rings. The number of benzene rings is 1. The molecule has 1 fully saturated rings. The van der Waals surface area contributed by atoms with E-state index in [2.05, 4.69) is 36.1 Å². The molecule has 0 unspecified atom stereocenters. The van der Waals surface area contributed by atoms with E-state index in [1.54, 1.807) is 5.56 Å². The molecule has 2 rings (SSSR count). The van der Waals surface area contributed by atoms with Crippen LogP contribution < -0.4 is 5.73 Å². The summed E-state index contributed by atoms with van der Waals surface area (Å²) >= 11 is 0. The second-order valence-electron chi connectivity index (χ2n) is 3.53. The Kier molecular flexibility index (Phi) is 4.76. The Balaban J connectivity index is 0.000000293. The predicted octanol–water partition coefficient (Wildman–Crippen LogP) is 2.45. The van der Waals surface area contributed by atoms with E-state index in [-0.39, 0.29) is 6.41 Å². The molecule has 76 valence electrons. The lowest BCUT2D eigenvalue weighted by Crippen LogP contribution is -1.89. The Bertz CT molecular complexity index is 252. The quantitative estimate of drug-likeness (QED) is 0.681. The first kappa shape index (κ1) is 10.8. The third-order valence-electron chi connectivity index (χ3n) is 2.63. The molecular formula is C12H17NO. The summed E-state index contributed by atoms with van der Waals surface area (Å²) in [6.07, 6.45) is 5.92. The van der Waals surface area contributed by atoms with E-state index in [1.807, 2.05) is 0 Å². The molecule has 1 aromatic carbocycles. The fourth-order valence-corrected chi connectivity index (χ4v) is 1.98. The normalized spacial score (nSPS) is 15.7. The minimum Gasteiger partial charge on any atom is -0.372 e. The van der Waals surface area contributed by atoms with Gasteiger partial charge in [0.05, 0.1) is 0 Å². The summed E-state index contributed by atoms with van der Waals surface area (Å²) in [5.74, 6) is 0.871. The number of hydrogen-bond acceptors (Lipinski definition) is 1. The summed E-state index contributed by atoms with van der Waals surface area (Å²) < 4.78 is 0. The highest BCUT2D eigenvalue weighted by molar-refractivity contribution is 5.42. The van der Waals surface area contributed by atoms with Crippen LogP contribution in [-0.4, -0.2) is 6.41 Å². The summed E-state index contributed by atoms with van der Waals surface area (Å²) in [5, 5.41) is 0. The van der Waals surface area contributed by atoms with Gasteiger partial charge in [-0.1, -0.05) is 43.2 Å². The van der Waals surface area contributed by atoms with Crippen molar-refractivity contribution >= 4 is 6.41 Å². The van der Waals surface area contributed by atoms with Crippen LogP contribution in [0.3, 0.4) is 0 Å². The number of carbonyl (C=O) groups excluding carboxylic acids is 1. The van der Waals surface area contributed by atoms with Gasteiger partial charge in [-0.3, -0.25) is 4.79 Å². The van der Waals surface area contributed by atoms with Gasteiger partial charge < -0.3 is 5.73 Å². The highest BCUT2D eigenvalue weighted by Gasteiger charge is 2.15. The van der Waals surface area contributed by atoms with Gasteiger partial charge in [-0.25, -0.2) is 0 Å². The Hall–Kier alpha value is -1.31. The first-order chi connectivity index (χ1) is 6.88. The van der Waals surface area contributed by atoms with Crippen LogP contribution in [0.25, 0.3) is 0 Å². The minimum absolute atomic E-state index is 0.250. The lowest BCUT2D eigenvalue weighted by molar-refractivity contribution is -0.106. The maximum atomic E-state index is 8.58. The van der Waals surface area contributed by atoms with Gasteiger partial charge in [0.2, 0.25) is 6.41 Å². The van der Waals surface area contributed by atoms with Crippen LogP contribution in [0.15, 0.2) is 30.3 Å². The van der Waals surface area contributed by atoms with Gasteiger partial charge in [0, 0.05) is 0 Å². The molecule has 1 saturated carbocycles. The third kappa shape index (κ3) is 3.21. The number of carbonyl (C=O) groups is 1. The zero-order chi connectivity index (χ0) is 10.2. The standard InChI is InChI=1S/C11H14.CH3NO/c1-2-6-10(7-3-1)11-8-4-5-9-11;2-1-3/h1-3,6-7,11H,4-5,8-9H2;1H,(H2,2,3). The average Bonchev–Trinajstić information content (AvgIpc) is 2.73. The highest BCUT2D eigenvalue weighted by Crippen LogP contribution is 2.33. The summed E-state index contributed by atoms with van der Waals surface area (Å²) in [7, 11) is 0. The highest BCUT2D eigenvalue weighted by atomic mass is 16.1. The SMILES string of the molecule is NC=O.c1ccc(C2CCCC2)cc1. The lowest BCUT2D eigenvalue weighted by Gasteiger charge is -2.07. The van der Waals surface area contributed by atoms with Crippen molar-refractivity contribution in [2.75, 3.05) is 0 Å². The molecule has 14 heavy (non-hydrogen) atoms. The van der Waals surface area contributed by atoms with Crippen LogP contribution in [0.4, 0.5) is 0 Å². The van der Waals surface area contributed by atoms with Crippen molar-refractivity contribution in [2.45, 2.75) is 31.6 Å². The molecule has 2 N–H and O–H groups in total. The molecule has 0 aliphatic heterocycles. The van der Waals surface area contributed by atoms with Crippen molar-refractivity contribution in [3.8, 4) is 0 Å². The van der Waals surface area contributed by atoms with Crippen LogP contribution in [0, 0.1) is 0 Å². The summed E-state index contributed by atoms with van der Waals surface area (Å²) in [6, 6.07) is 10.9. The van der Waals surface area contributed by atoms with E-state index in [0.717, 1.165) is 5.92 Å². The summed E-state index contributed by atoms with van der Waals surface area (Å²) in [6.45, 7) is 0. The summed E-state index contributed by atoms with van der Waals surface area (Å²) in [5.41, 5.74) is 5.71. The maximum Gasteiger partial charge on any atom is 0.204 e. The van der Waals surface area contributed by atoms with Gasteiger partial charge in [0.25, 0.3) is 0 Å². The average molecular weight is 191 g/mol. The smallest absolute Gasteiger partial charge is 0.204 e. The molecule has 0 atom stereocenters. The predicted molar refractivity (Wildman–Crippen MR) is 57.9 cm³/mol. The molecule has 0 bridgehead atoms. The van der Waals surface area contributed by atoms with Crippen LogP contribution in [0.1, 0.15) is 37.2 Å². The van der Waals surface area contributed by atoms with Crippen LogP contribution >= 0.6 is 0 Å². The fourth-order valence-electron chi connectivity index (χ4n) is 1.98. The topological polar surface area (TPSA) is 43.1 Å². The second kappa shape index (κ2) is 6.19. The number of rotatable bonds is 1. The molecule has 0 aromatic heterocycles. The zero-order valence-electron chi connectivity index (χ0n) is 8.36. The van der Waals surface area contributed by atoms with E-state index in [4.69, 9.17) is 4.79 Å². The maximum absolute atomic E-state index is 8.58. The molecular weight excluding hydrogens is 174 g/mol. The van der Waals surface area contributed by atoms with E-state index in [1.165, 1.54) is 25.7 Å². The number of primary amides is 1. The fraction of sp³-hybridized carbons (Fsp3) is 0.417. The molecule has 0 spiro atoms. The van der Waals surface area contributed by atoms with Crippen LogP contribution in [-0.2, 0) is 4.79 Å². The second-order valence-corrected chi connectivity index (χ2v) is 3.53. The Labute approximate surface area is 85.1 Å². The molecule has 0 heterocycles. The van der Waals surface area contributed by atoms with Crippen molar-refractivity contribution in [2.24, 2.45) is 5.73 Å². The minimum atomic E-state index is 0.250. The molecule has 2 nitrogen and oxygen atoms in total. The van der Waals surface area contributed by atoms with Gasteiger partial charge in [0.15, 0.2) is 0 Å². The van der Waals surface area contributed by atoms with Crippen molar-refractivity contribution in [3.63, 3.8) is 0 Å². The third-order valence-corrected chi connectivity index (χ3v) is 2.63. The summed E-state index contributed by atoms with van der Waals surface area (Å²) in [4.78, 5) is 8.58. The number of hydrogen-bond donors (Lipinski definition) is 1. The number of amides is 1. The van der Waals surface area contributed by atoms with Crippen molar-refractivity contribution in [1.82, 2.24) is 0 Å². The van der Waals surface area contributed by atoms with Gasteiger partial charge in [0.1, 0.15) is 0 Å². The molecule has 1 amide bonds. The van der Waals surface area contributed by atoms with E-state index in [9.17, 15) is 0 Å². The Morgan fingerprint density at radius 1 is 1.14 bits per heavy atom. The lowest BCUT2D eigenvalue weighted by atomic mass is 9.98. The van der Waals surface area contributed by atoms with Crippen molar-refractivity contribution in [1.29, 1.82) is 0 Å². The first-order valence-electron chi connectivity index (χ1n) is 5.08. The number of nitrogens with two attached hydrogens (primary N) is 1. The van der Waals surface area contributed by atoms with Crippen molar-refractivity contribution in [3.05, 3.63) is 35.9 Å². The monoisotopic (exact) mass is 191 g/mol. The van der Waals surface area contributed by atoms with Gasteiger partial charge in [-0.05, 0) is 24.3 Å². The Morgan fingerprint density at radius 3 is 2.14 bits per heavy atom. The first-order valence-corrected chi connectivity index (χ1v) is 5.08. The molecule has 0 radical (unpaired) electrons. The Morgan fingerprint density at radius 2 is 1.64 bits per heavy atom. The van der Waals surface area contributed by atoms with E-state index < -0.39 is 0 Å². The van der Waals surface area contributed by atoms with Gasteiger partial charge >= 0.3 is 0 Å². The van der Waals surface area contributed by atoms with E-state index >= 15 is 0 Å². The molecule has 1 aliphatic carbocycles. The zero-order valence-corrected chi connectivity index (χ0v) is 8.36. The van der Waals surface area contributed by atoms with Gasteiger partial charge in [-0.2, -0.15) is 0 Å². The molecule has 2 heteroatoms. The van der Waals surface area contributed by atoms with Crippen LogP contribution in [0.2, 0.25) is 0 Å². The van der Waals surface area contributed by atoms with E-state index in [0.29, 0.717) is 0 Å². The van der Waals surface area contributed by atoms with Crippen molar-refractivity contribution < 1.29 is 4.79 Å². The largest absolute Gasteiger partial charge is 0.372 e.